The summed E-state index contributed by atoms with van der Waals surface area (Å²) in [6, 6.07) is -0.979. The van der Waals surface area contributed by atoms with Crippen molar-refractivity contribution in [1.82, 2.24) is 5.32 Å². The van der Waals surface area contributed by atoms with Gasteiger partial charge in [-0.25, -0.2) is 0 Å². The Morgan fingerprint density at radius 2 is 0.784 bits per heavy atom. The number of amides is 1. The molecule has 304 valence electrons. The Kier molecular flexibility index (Phi) is 39.5. The third-order valence-corrected chi connectivity index (χ3v) is 10.7. The van der Waals surface area contributed by atoms with E-state index in [1.165, 1.54) is 173 Å². The van der Waals surface area contributed by atoms with E-state index in [2.05, 4.69) is 31.3 Å². The average molecular weight is 724 g/mol. The molecule has 0 aromatic rings. The summed E-state index contributed by atoms with van der Waals surface area (Å²) < 4.78 is 0. The maximum Gasteiger partial charge on any atom is 0.249 e. The van der Waals surface area contributed by atoms with Gasteiger partial charge >= 0.3 is 0 Å². The fourth-order valence-electron chi connectivity index (χ4n) is 7.11. The molecule has 6 nitrogen and oxygen atoms in total. The molecular formula is C45H89NO5. The quantitative estimate of drug-likeness (QED) is 0.0319. The van der Waals surface area contributed by atoms with Gasteiger partial charge in [-0.2, -0.15) is 0 Å². The predicted molar refractivity (Wildman–Crippen MR) is 219 cm³/mol. The lowest BCUT2D eigenvalue weighted by Crippen LogP contribution is -2.53. The lowest BCUT2D eigenvalue weighted by Gasteiger charge is -2.27. The molecule has 6 heteroatoms. The van der Waals surface area contributed by atoms with Gasteiger partial charge in [0.25, 0.3) is 0 Å². The molecule has 0 bridgehead atoms. The SMILES string of the molecule is CCCCCCCCCCCCCC/C=C\CCCCCCCCCCCCCCCC(O)C(=O)NC(CO)C(O)C(O)CCCCCCCC. The smallest absolute Gasteiger partial charge is 0.249 e. The first-order valence-corrected chi connectivity index (χ1v) is 22.6. The standard InChI is InChI=1S/C45H89NO5/c1-3-5-7-9-11-12-13-14-15-16-17-18-19-20-21-22-23-24-25-26-27-28-29-30-31-32-33-35-37-39-43(49)45(51)46-41(40-47)44(50)42(48)38-36-34-10-8-6-4-2/h20-21,41-44,47-50H,3-19,22-40H2,1-2H3,(H,46,51)/b21-20-. The van der Waals surface area contributed by atoms with Crippen LogP contribution in [0.2, 0.25) is 0 Å². The molecule has 5 N–H and O–H groups in total. The average Bonchev–Trinajstić information content (AvgIpc) is 3.13. The monoisotopic (exact) mass is 724 g/mol. The van der Waals surface area contributed by atoms with E-state index in [0.29, 0.717) is 12.8 Å². The zero-order valence-electron chi connectivity index (χ0n) is 34.1. The van der Waals surface area contributed by atoms with Gasteiger partial charge in [-0.05, 0) is 38.5 Å². The summed E-state index contributed by atoms with van der Waals surface area (Å²) in [6.07, 6.45) is 44.4. The first-order valence-electron chi connectivity index (χ1n) is 22.6. The fourth-order valence-corrected chi connectivity index (χ4v) is 7.11. The molecule has 51 heavy (non-hydrogen) atoms. The van der Waals surface area contributed by atoms with Crippen molar-refractivity contribution in [3.63, 3.8) is 0 Å². The molecule has 0 saturated carbocycles. The van der Waals surface area contributed by atoms with Crippen molar-refractivity contribution in [3.05, 3.63) is 12.2 Å². The van der Waals surface area contributed by atoms with Gasteiger partial charge in [-0.15, -0.1) is 0 Å². The van der Waals surface area contributed by atoms with E-state index in [1.807, 2.05) is 0 Å². The topological polar surface area (TPSA) is 110 Å². The Morgan fingerprint density at radius 1 is 0.471 bits per heavy atom. The minimum absolute atomic E-state index is 0.371. The molecule has 0 spiro atoms. The van der Waals surface area contributed by atoms with Crippen LogP contribution < -0.4 is 5.32 Å². The van der Waals surface area contributed by atoms with Crippen molar-refractivity contribution in [2.75, 3.05) is 6.61 Å². The van der Waals surface area contributed by atoms with E-state index >= 15 is 0 Å². The highest BCUT2D eigenvalue weighted by atomic mass is 16.3. The van der Waals surface area contributed by atoms with Crippen molar-refractivity contribution in [3.8, 4) is 0 Å². The Hall–Kier alpha value is -0.950. The Balaban J connectivity index is 3.52. The Morgan fingerprint density at radius 3 is 1.14 bits per heavy atom. The summed E-state index contributed by atoms with van der Waals surface area (Å²) in [4.78, 5) is 12.4. The van der Waals surface area contributed by atoms with Crippen LogP contribution in [0.5, 0.6) is 0 Å². The highest BCUT2D eigenvalue weighted by Crippen LogP contribution is 2.16. The molecular weight excluding hydrogens is 634 g/mol. The maximum atomic E-state index is 12.4. The number of unbranched alkanes of at least 4 members (excludes halogenated alkanes) is 30. The minimum atomic E-state index is -1.25. The second-order valence-corrected chi connectivity index (χ2v) is 15.8. The van der Waals surface area contributed by atoms with Gasteiger partial charge in [0.1, 0.15) is 12.2 Å². The highest BCUT2D eigenvalue weighted by molar-refractivity contribution is 5.80. The molecule has 4 atom stereocenters. The number of aliphatic hydroxyl groups is 4. The van der Waals surface area contributed by atoms with Crippen molar-refractivity contribution in [1.29, 1.82) is 0 Å². The van der Waals surface area contributed by atoms with Gasteiger partial charge < -0.3 is 25.7 Å². The second-order valence-electron chi connectivity index (χ2n) is 15.8. The predicted octanol–water partition coefficient (Wildman–Crippen LogP) is 11.8. The third-order valence-electron chi connectivity index (χ3n) is 10.7. The van der Waals surface area contributed by atoms with Crippen LogP contribution in [0.15, 0.2) is 12.2 Å². The molecule has 0 fully saturated rings. The largest absolute Gasteiger partial charge is 0.394 e. The highest BCUT2D eigenvalue weighted by Gasteiger charge is 2.28. The van der Waals surface area contributed by atoms with Crippen LogP contribution in [0.3, 0.4) is 0 Å². The van der Waals surface area contributed by atoms with Crippen LogP contribution in [0.25, 0.3) is 0 Å². The van der Waals surface area contributed by atoms with Crippen molar-refractivity contribution in [2.24, 2.45) is 0 Å². The van der Waals surface area contributed by atoms with E-state index in [4.69, 9.17) is 0 Å². The van der Waals surface area contributed by atoms with Gasteiger partial charge in [0, 0.05) is 0 Å². The van der Waals surface area contributed by atoms with E-state index in [-0.39, 0.29) is 0 Å². The van der Waals surface area contributed by atoms with Gasteiger partial charge in [-0.3, -0.25) is 4.79 Å². The van der Waals surface area contributed by atoms with Crippen molar-refractivity contribution in [2.45, 2.75) is 263 Å². The number of nitrogens with one attached hydrogen (secondary N) is 1. The minimum Gasteiger partial charge on any atom is -0.394 e. The van der Waals surface area contributed by atoms with Gasteiger partial charge in [0.2, 0.25) is 5.91 Å². The first kappa shape index (κ1) is 50.1. The van der Waals surface area contributed by atoms with E-state index in [1.54, 1.807) is 0 Å². The van der Waals surface area contributed by atoms with Gasteiger partial charge in [0.05, 0.1) is 18.8 Å². The van der Waals surface area contributed by atoms with Crippen molar-refractivity contribution >= 4 is 5.91 Å². The number of allylic oxidation sites excluding steroid dienone is 2. The molecule has 0 rings (SSSR count). The molecule has 1 amide bonds. The molecule has 0 aliphatic carbocycles. The third kappa shape index (κ3) is 34.6. The maximum absolute atomic E-state index is 12.4. The molecule has 0 heterocycles. The molecule has 0 aliphatic heterocycles. The van der Waals surface area contributed by atoms with Crippen LogP contribution in [-0.2, 0) is 4.79 Å². The lowest BCUT2D eigenvalue weighted by atomic mass is 9.99. The number of aliphatic hydroxyl groups excluding tert-OH is 4. The van der Waals surface area contributed by atoms with Gasteiger partial charge in [-0.1, -0.05) is 212 Å². The summed E-state index contributed by atoms with van der Waals surface area (Å²) in [5, 5.41) is 43.2. The first-order chi connectivity index (χ1) is 25.0. The lowest BCUT2D eigenvalue weighted by molar-refractivity contribution is -0.132. The number of hydrogen-bond donors (Lipinski definition) is 5. The Labute approximate surface area is 317 Å². The van der Waals surface area contributed by atoms with Gasteiger partial charge in [0.15, 0.2) is 0 Å². The van der Waals surface area contributed by atoms with E-state index in [9.17, 15) is 25.2 Å². The summed E-state index contributed by atoms with van der Waals surface area (Å²) >= 11 is 0. The molecule has 0 aromatic heterocycles. The number of carbonyl (C=O) groups is 1. The second kappa shape index (κ2) is 40.2. The molecule has 0 radical (unpaired) electrons. The van der Waals surface area contributed by atoms with Crippen molar-refractivity contribution < 1.29 is 25.2 Å². The van der Waals surface area contributed by atoms with Crippen LogP contribution >= 0.6 is 0 Å². The zero-order chi connectivity index (χ0) is 37.5. The van der Waals surface area contributed by atoms with E-state index < -0.39 is 36.9 Å². The molecule has 0 aliphatic rings. The fraction of sp³-hybridized carbons (Fsp3) is 0.933. The van der Waals surface area contributed by atoms with E-state index in [0.717, 1.165) is 38.5 Å². The molecule has 4 unspecified atom stereocenters. The molecule has 0 saturated heterocycles. The van der Waals surface area contributed by atoms with Crippen LogP contribution in [-0.4, -0.2) is 57.3 Å². The molecule has 0 aromatic carbocycles. The summed E-state index contributed by atoms with van der Waals surface area (Å²) in [5.41, 5.74) is 0. The Bertz CT molecular complexity index is 731. The normalized spacial score (nSPS) is 14.2. The van der Waals surface area contributed by atoms with Crippen LogP contribution in [0.1, 0.15) is 239 Å². The zero-order valence-corrected chi connectivity index (χ0v) is 34.1. The summed E-state index contributed by atoms with van der Waals surface area (Å²) in [6.45, 7) is 3.98. The van der Waals surface area contributed by atoms with Crippen LogP contribution in [0, 0.1) is 0 Å². The summed E-state index contributed by atoms with van der Waals surface area (Å²) in [5.74, 6) is -0.586. The number of hydrogen-bond acceptors (Lipinski definition) is 5. The number of carbonyl (C=O) groups excluding carboxylic acids is 1. The van der Waals surface area contributed by atoms with Crippen LogP contribution in [0.4, 0.5) is 0 Å². The summed E-state index contributed by atoms with van der Waals surface area (Å²) in [7, 11) is 0. The number of rotatable bonds is 41.